The van der Waals surface area contributed by atoms with Gasteiger partial charge in [-0.05, 0) is 69.6 Å². The molecule has 36 heavy (non-hydrogen) atoms. The molecular weight excluding hydrogens is 484 g/mol. The van der Waals surface area contributed by atoms with Crippen molar-refractivity contribution in [3.8, 4) is 5.75 Å². The first-order valence-electron chi connectivity index (χ1n) is 12.7. The number of hydrogen-bond donors (Lipinski definition) is 0. The maximum Gasteiger partial charge on any atom is 0.340 e. The minimum absolute atomic E-state index is 0.0420. The Labute approximate surface area is 215 Å². The van der Waals surface area contributed by atoms with Gasteiger partial charge < -0.3 is 19.5 Å². The summed E-state index contributed by atoms with van der Waals surface area (Å²) in [5.41, 5.74) is 3.19. The third-order valence-electron chi connectivity index (χ3n) is 7.19. The van der Waals surface area contributed by atoms with Gasteiger partial charge in [-0.1, -0.05) is 30.2 Å². The quantitative estimate of drug-likeness (QED) is 0.215. The number of pyridine rings is 1. The molecule has 2 atom stereocenters. The van der Waals surface area contributed by atoms with Gasteiger partial charge in [0.2, 0.25) is 5.28 Å². The molecular formula is C26H31ClN4O5. The van der Waals surface area contributed by atoms with Crippen molar-refractivity contribution in [2.24, 2.45) is 5.28 Å². The predicted octanol–water partition coefficient (Wildman–Crippen LogP) is 5.56. The second-order valence-electron chi connectivity index (χ2n) is 9.64. The van der Waals surface area contributed by atoms with Crippen molar-refractivity contribution in [3.05, 3.63) is 63.1 Å². The second-order valence-corrected chi connectivity index (χ2v) is 10.1. The molecule has 1 saturated heterocycles. The smallest absolute Gasteiger partial charge is 0.340 e. The molecule has 0 N–H and O–H groups in total. The number of rotatable bonds is 6. The number of halogens is 1. The molecule has 9 nitrogen and oxygen atoms in total. The molecule has 0 amide bonds. The van der Waals surface area contributed by atoms with E-state index < -0.39 is 12.0 Å². The number of ether oxygens (including phenoxy) is 2. The van der Waals surface area contributed by atoms with Crippen molar-refractivity contribution in [1.82, 2.24) is 9.99 Å². The highest BCUT2D eigenvalue weighted by Crippen LogP contribution is 2.41. The van der Waals surface area contributed by atoms with Gasteiger partial charge in [0.15, 0.2) is 11.8 Å². The number of carbonyl (C=O) groups is 1. The van der Waals surface area contributed by atoms with E-state index in [9.17, 15) is 10.0 Å². The van der Waals surface area contributed by atoms with E-state index in [0.717, 1.165) is 55.2 Å². The van der Waals surface area contributed by atoms with Gasteiger partial charge >= 0.3 is 5.97 Å². The third kappa shape index (κ3) is 5.27. The van der Waals surface area contributed by atoms with Crippen molar-refractivity contribution in [2.75, 3.05) is 6.54 Å². The van der Waals surface area contributed by atoms with Gasteiger partial charge in [-0.15, -0.1) is 5.01 Å². The zero-order valence-corrected chi connectivity index (χ0v) is 21.2. The van der Waals surface area contributed by atoms with E-state index in [1.165, 1.54) is 11.4 Å². The molecule has 2 aliphatic heterocycles. The number of piperidine rings is 1. The molecule has 0 spiro atoms. The Hall–Kier alpha value is -2.91. The van der Waals surface area contributed by atoms with Crippen LogP contribution in [-0.4, -0.2) is 39.6 Å². The summed E-state index contributed by atoms with van der Waals surface area (Å²) >= 11 is 6.03. The highest BCUT2D eigenvalue weighted by Gasteiger charge is 2.38. The first kappa shape index (κ1) is 24.8. The predicted molar refractivity (Wildman–Crippen MR) is 131 cm³/mol. The summed E-state index contributed by atoms with van der Waals surface area (Å²) in [6, 6.07) is 6.70. The summed E-state index contributed by atoms with van der Waals surface area (Å²) in [6.07, 6.45) is 8.65. The number of aryl methyl sites for hydroxylation is 1. The maximum absolute atomic E-state index is 13.3. The molecule has 2 fully saturated rings. The van der Waals surface area contributed by atoms with Gasteiger partial charge in [0.05, 0.1) is 23.8 Å². The molecule has 2 aromatic rings. The van der Waals surface area contributed by atoms with E-state index in [0.29, 0.717) is 41.0 Å². The summed E-state index contributed by atoms with van der Waals surface area (Å²) in [6.45, 7) is 2.50. The lowest BCUT2D eigenvalue weighted by Gasteiger charge is -2.29. The van der Waals surface area contributed by atoms with Gasteiger partial charge in [-0.25, -0.2) is 4.79 Å². The molecule has 1 unspecified atom stereocenters. The summed E-state index contributed by atoms with van der Waals surface area (Å²) < 4.78 is 12.0. The number of nitrogens with zero attached hydrogens (tertiary/aromatic N) is 4. The number of esters is 1. The van der Waals surface area contributed by atoms with E-state index in [4.69, 9.17) is 25.9 Å². The normalized spacial score (nSPS) is 22.8. The van der Waals surface area contributed by atoms with E-state index in [1.807, 2.05) is 24.3 Å². The van der Waals surface area contributed by atoms with Crippen LogP contribution in [0.15, 0.2) is 35.7 Å². The average Bonchev–Trinajstić information content (AvgIpc) is 3.34. The summed E-state index contributed by atoms with van der Waals surface area (Å²) in [5, 5.41) is 18.6. The third-order valence-corrected chi connectivity index (χ3v) is 7.44. The minimum Gasteiger partial charge on any atom is -0.569 e. The van der Waals surface area contributed by atoms with Gasteiger partial charge in [0.1, 0.15) is 12.2 Å². The van der Waals surface area contributed by atoms with Crippen LogP contribution in [0.4, 0.5) is 0 Å². The van der Waals surface area contributed by atoms with Crippen LogP contribution in [0.1, 0.15) is 79.9 Å². The first-order chi connectivity index (χ1) is 17.5. The van der Waals surface area contributed by atoms with Gasteiger partial charge in [-0.3, -0.25) is 4.98 Å². The maximum atomic E-state index is 13.3. The minimum atomic E-state index is -0.750. The van der Waals surface area contributed by atoms with Crippen molar-refractivity contribution in [3.63, 3.8) is 0 Å². The SMILES string of the molecule is Cc1ncc2c(c1OC(=O)C1CCCCN1/[N+]([O-])=N\OC1CCCCC1)CO[C@H]2c1ccc(Cl)cc1. The lowest BCUT2D eigenvalue weighted by atomic mass is 9.98. The fourth-order valence-corrected chi connectivity index (χ4v) is 5.31. The summed E-state index contributed by atoms with van der Waals surface area (Å²) in [5.74, 6) is -0.107. The Balaban J connectivity index is 1.32. The molecule has 3 aliphatic rings. The van der Waals surface area contributed by atoms with Crippen molar-refractivity contribution in [2.45, 2.75) is 83.1 Å². The van der Waals surface area contributed by atoms with Crippen LogP contribution in [-0.2, 0) is 21.0 Å². The van der Waals surface area contributed by atoms with Crippen LogP contribution in [0, 0.1) is 12.1 Å². The van der Waals surface area contributed by atoms with Crippen LogP contribution in [0.25, 0.3) is 0 Å². The van der Waals surface area contributed by atoms with E-state index in [-0.39, 0.29) is 12.2 Å². The van der Waals surface area contributed by atoms with Crippen LogP contribution < -0.4 is 4.74 Å². The molecule has 10 heteroatoms. The number of hydrogen-bond acceptors (Lipinski definition) is 7. The second kappa shape index (κ2) is 11.0. The Morgan fingerprint density at radius 1 is 1.17 bits per heavy atom. The van der Waals surface area contributed by atoms with Crippen LogP contribution in [0.3, 0.4) is 0 Å². The van der Waals surface area contributed by atoms with Crippen LogP contribution >= 0.6 is 11.6 Å². The summed E-state index contributed by atoms with van der Waals surface area (Å²) in [4.78, 5) is 23.7. The van der Waals surface area contributed by atoms with E-state index in [1.54, 1.807) is 13.1 Å². The largest absolute Gasteiger partial charge is 0.569 e. The highest BCUT2D eigenvalue weighted by atomic mass is 35.5. The first-order valence-corrected chi connectivity index (χ1v) is 13.1. The molecule has 0 radical (unpaired) electrons. The summed E-state index contributed by atoms with van der Waals surface area (Å²) in [7, 11) is 0. The molecule has 3 heterocycles. The zero-order valence-electron chi connectivity index (χ0n) is 20.4. The fraction of sp³-hybridized carbons (Fsp3) is 0.538. The lowest BCUT2D eigenvalue weighted by molar-refractivity contribution is -0.718. The Kier molecular flexibility index (Phi) is 7.57. The monoisotopic (exact) mass is 514 g/mol. The number of fused-ring (bicyclic) bond motifs is 1. The highest BCUT2D eigenvalue weighted by molar-refractivity contribution is 6.30. The number of carbonyl (C=O) groups excluding carboxylic acids is 1. The molecule has 1 aliphatic carbocycles. The Morgan fingerprint density at radius 2 is 1.92 bits per heavy atom. The topological polar surface area (TPSA) is 99.3 Å². The van der Waals surface area contributed by atoms with Gasteiger partial charge in [0.25, 0.3) is 0 Å². The van der Waals surface area contributed by atoms with Crippen molar-refractivity contribution >= 4 is 17.6 Å². The number of aromatic nitrogens is 1. The lowest BCUT2D eigenvalue weighted by Crippen LogP contribution is -2.49. The molecule has 1 aromatic heterocycles. The standard InChI is InChI=1S/C26H31ClN4O5/c1-17-24(22-16-34-25(21(22)15-28-17)18-10-12-19(27)13-11-18)35-26(32)23-9-5-6-14-30(23)31(33)29-36-20-7-3-2-4-8-20/h10-13,15,20,23,25H,2-9,14,16H2,1H3/b31-29+/t23?,25-/m0/s1. The number of benzene rings is 1. The van der Waals surface area contributed by atoms with E-state index >= 15 is 0 Å². The van der Waals surface area contributed by atoms with Crippen molar-refractivity contribution < 1.29 is 24.1 Å². The Morgan fingerprint density at radius 3 is 2.69 bits per heavy atom. The van der Waals surface area contributed by atoms with Crippen molar-refractivity contribution in [1.29, 1.82) is 0 Å². The van der Waals surface area contributed by atoms with Gasteiger partial charge in [0, 0.05) is 22.3 Å². The fourth-order valence-electron chi connectivity index (χ4n) is 5.19. The van der Waals surface area contributed by atoms with Crippen LogP contribution in [0.2, 0.25) is 5.02 Å². The molecule has 192 valence electrons. The van der Waals surface area contributed by atoms with E-state index in [2.05, 4.69) is 10.3 Å². The molecule has 1 saturated carbocycles. The molecule has 1 aromatic carbocycles. The Bertz CT molecular complexity index is 1120. The van der Waals surface area contributed by atoms with Gasteiger partial charge in [-0.2, -0.15) is 0 Å². The van der Waals surface area contributed by atoms with Crippen LogP contribution in [0.5, 0.6) is 5.75 Å². The zero-order chi connectivity index (χ0) is 25.1. The number of hydrazine groups is 1. The average molecular weight is 515 g/mol. The molecule has 5 rings (SSSR count). The molecule has 0 bridgehead atoms.